The molecule has 0 aromatic heterocycles. The van der Waals surface area contributed by atoms with Crippen molar-refractivity contribution in [2.24, 2.45) is 5.73 Å². The van der Waals surface area contributed by atoms with Gasteiger partial charge in [0, 0.05) is 26.2 Å². The lowest BCUT2D eigenvalue weighted by atomic mass is 10.2. The summed E-state index contributed by atoms with van der Waals surface area (Å²) < 4.78 is 0. The van der Waals surface area contributed by atoms with Crippen molar-refractivity contribution in [3.8, 4) is 0 Å². The van der Waals surface area contributed by atoms with E-state index in [1.165, 1.54) is 58.5 Å². The molecule has 0 aliphatic carbocycles. The quantitative estimate of drug-likeness (QED) is 0.641. The van der Waals surface area contributed by atoms with Gasteiger partial charge in [-0.2, -0.15) is 0 Å². The van der Waals surface area contributed by atoms with Gasteiger partial charge < -0.3 is 15.5 Å². The van der Waals surface area contributed by atoms with Crippen LogP contribution in [0.5, 0.6) is 0 Å². The molecule has 0 aromatic rings. The normalized spacial score (nSPS) is 20.1. The Morgan fingerprint density at radius 3 is 2.14 bits per heavy atom. The minimum Gasteiger partial charge on any atom is -0.330 e. The zero-order valence-corrected chi connectivity index (χ0v) is 9.54. The van der Waals surface area contributed by atoms with E-state index in [0.717, 1.165) is 6.54 Å². The summed E-state index contributed by atoms with van der Waals surface area (Å²) in [4.78, 5) is 5.11. The Balaban J connectivity index is 1.98. The van der Waals surface area contributed by atoms with Crippen LogP contribution in [0.1, 0.15) is 26.2 Å². The molecule has 1 rings (SSSR count). The van der Waals surface area contributed by atoms with Crippen molar-refractivity contribution in [3.63, 3.8) is 0 Å². The summed E-state index contributed by atoms with van der Waals surface area (Å²) in [6.07, 6.45) is 3.81. The number of likely N-dealkylation sites (N-methyl/N-ethyl adjacent to an activating group) is 1. The highest BCUT2D eigenvalue weighted by atomic mass is 15.3. The van der Waals surface area contributed by atoms with Crippen molar-refractivity contribution in [1.82, 2.24) is 9.80 Å². The van der Waals surface area contributed by atoms with Crippen molar-refractivity contribution in [1.29, 1.82) is 0 Å². The molecule has 1 fully saturated rings. The highest BCUT2D eigenvalue weighted by Crippen LogP contribution is 2.03. The predicted molar refractivity (Wildman–Crippen MR) is 61.5 cm³/mol. The van der Waals surface area contributed by atoms with Crippen molar-refractivity contribution in [3.05, 3.63) is 0 Å². The summed E-state index contributed by atoms with van der Waals surface area (Å²) in [5.41, 5.74) is 5.46. The lowest BCUT2D eigenvalue weighted by Gasteiger charge is -2.33. The van der Waals surface area contributed by atoms with Crippen molar-refractivity contribution in [2.75, 3.05) is 45.8 Å². The Bertz CT molecular complexity index is 130. The maximum Gasteiger partial charge on any atom is 0.0110 e. The Kier molecular flexibility index (Phi) is 6.15. The molecule has 0 radical (unpaired) electrons. The van der Waals surface area contributed by atoms with E-state index in [2.05, 4.69) is 16.7 Å². The van der Waals surface area contributed by atoms with Crippen LogP contribution in [0.2, 0.25) is 0 Å². The van der Waals surface area contributed by atoms with Crippen molar-refractivity contribution < 1.29 is 0 Å². The van der Waals surface area contributed by atoms with Gasteiger partial charge in [0.2, 0.25) is 0 Å². The van der Waals surface area contributed by atoms with Gasteiger partial charge in [0.05, 0.1) is 0 Å². The highest BCUT2D eigenvalue weighted by Gasteiger charge is 2.14. The summed E-state index contributed by atoms with van der Waals surface area (Å²) in [6, 6.07) is 0. The molecule has 1 aliphatic rings. The molecule has 0 atom stereocenters. The minimum atomic E-state index is 0.851. The van der Waals surface area contributed by atoms with E-state index in [-0.39, 0.29) is 0 Å². The predicted octanol–water partition coefficient (Wildman–Crippen LogP) is 0.753. The summed E-state index contributed by atoms with van der Waals surface area (Å²) in [7, 11) is 0. The molecule has 1 aliphatic heterocycles. The maximum atomic E-state index is 5.46. The molecule has 0 bridgehead atoms. The summed E-state index contributed by atoms with van der Waals surface area (Å²) >= 11 is 0. The standard InChI is InChI=1S/C11H25N3/c1-2-13-8-10-14(11-9-13)7-5-3-4-6-12/h2-12H2,1H3. The van der Waals surface area contributed by atoms with Crippen LogP contribution in [0.4, 0.5) is 0 Å². The first kappa shape index (κ1) is 12.0. The largest absolute Gasteiger partial charge is 0.330 e. The molecule has 0 unspecified atom stereocenters. The van der Waals surface area contributed by atoms with Crippen LogP contribution in [-0.4, -0.2) is 55.6 Å². The molecule has 14 heavy (non-hydrogen) atoms. The average Bonchev–Trinajstić information content (AvgIpc) is 2.25. The third-order valence-corrected chi connectivity index (χ3v) is 3.09. The van der Waals surface area contributed by atoms with E-state index in [4.69, 9.17) is 5.73 Å². The Morgan fingerprint density at radius 2 is 1.57 bits per heavy atom. The molecule has 0 aromatic carbocycles. The van der Waals surface area contributed by atoms with Crippen LogP contribution < -0.4 is 5.73 Å². The van der Waals surface area contributed by atoms with Crippen LogP contribution in [0, 0.1) is 0 Å². The van der Waals surface area contributed by atoms with Crippen molar-refractivity contribution >= 4 is 0 Å². The van der Waals surface area contributed by atoms with Gasteiger partial charge >= 0.3 is 0 Å². The fourth-order valence-corrected chi connectivity index (χ4v) is 1.99. The van der Waals surface area contributed by atoms with E-state index in [9.17, 15) is 0 Å². The molecule has 0 amide bonds. The number of rotatable bonds is 6. The SMILES string of the molecule is CCN1CCN(CCCCCN)CC1. The Labute approximate surface area is 88.2 Å². The third-order valence-electron chi connectivity index (χ3n) is 3.09. The fourth-order valence-electron chi connectivity index (χ4n) is 1.99. The van der Waals surface area contributed by atoms with E-state index in [0.29, 0.717) is 0 Å². The van der Waals surface area contributed by atoms with Gasteiger partial charge in [0.1, 0.15) is 0 Å². The maximum absolute atomic E-state index is 5.46. The smallest absolute Gasteiger partial charge is 0.0110 e. The monoisotopic (exact) mass is 199 g/mol. The van der Waals surface area contributed by atoms with E-state index in [1.54, 1.807) is 0 Å². The zero-order valence-electron chi connectivity index (χ0n) is 9.54. The van der Waals surface area contributed by atoms with E-state index < -0.39 is 0 Å². The van der Waals surface area contributed by atoms with Gasteiger partial charge in [-0.3, -0.25) is 0 Å². The third kappa shape index (κ3) is 4.40. The van der Waals surface area contributed by atoms with Gasteiger partial charge in [-0.25, -0.2) is 0 Å². The topological polar surface area (TPSA) is 32.5 Å². The number of nitrogens with zero attached hydrogens (tertiary/aromatic N) is 2. The van der Waals surface area contributed by atoms with Gasteiger partial charge in [0.15, 0.2) is 0 Å². The lowest BCUT2D eigenvalue weighted by molar-refractivity contribution is 0.135. The molecule has 84 valence electrons. The fraction of sp³-hybridized carbons (Fsp3) is 1.00. The van der Waals surface area contributed by atoms with Crippen LogP contribution >= 0.6 is 0 Å². The molecule has 2 N–H and O–H groups in total. The molecular formula is C11H25N3. The first-order valence-electron chi connectivity index (χ1n) is 6.01. The van der Waals surface area contributed by atoms with E-state index >= 15 is 0 Å². The van der Waals surface area contributed by atoms with Crippen LogP contribution in [-0.2, 0) is 0 Å². The second-order valence-electron chi connectivity index (χ2n) is 4.13. The number of hydrogen-bond donors (Lipinski definition) is 1. The Hall–Kier alpha value is -0.120. The van der Waals surface area contributed by atoms with Crippen molar-refractivity contribution in [2.45, 2.75) is 26.2 Å². The summed E-state index contributed by atoms with van der Waals surface area (Å²) in [5.74, 6) is 0. The second-order valence-corrected chi connectivity index (χ2v) is 4.13. The van der Waals surface area contributed by atoms with Crippen LogP contribution in [0.15, 0.2) is 0 Å². The number of nitrogens with two attached hydrogens (primary N) is 1. The van der Waals surface area contributed by atoms with Gasteiger partial charge in [-0.1, -0.05) is 13.3 Å². The summed E-state index contributed by atoms with van der Waals surface area (Å²) in [5, 5.41) is 0. The lowest BCUT2D eigenvalue weighted by Crippen LogP contribution is -2.46. The van der Waals surface area contributed by atoms with Crippen LogP contribution in [0.3, 0.4) is 0 Å². The molecule has 0 spiro atoms. The van der Waals surface area contributed by atoms with Gasteiger partial charge in [0.25, 0.3) is 0 Å². The average molecular weight is 199 g/mol. The Morgan fingerprint density at radius 1 is 0.929 bits per heavy atom. The summed E-state index contributed by atoms with van der Waals surface area (Å²) in [6.45, 7) is 10.6. The minimum absolute atomic E-state index is 0.851. The molecular weight excluding hydrogens is 174 g/mol. The zero-order chi connectivity index (χ0) is 10.2. The number of hydrogen-bond acceptors (Lipinski definition) is 3. The number of piperazine rings is 1. The van der Waals surface area contributed by atoms with Gasteiger partial charge in [-0.05, 0) is 32.5 Å². The first-order valence-corrected chi connectivity index (χ1v) is 6.01. The molecule has 3 nitrogen and oxygen atoms in total. The molecule has 1 saturated heterocycles. The van der Waals surface area contributed by atoms with Gasteiger partial charge in [-0.15, -0.1) is 0 Å². The molecule has 1 heterocycles. The van der Waals surface area contributed by atoms with E-state index in [1.807, 2.05) is 0 Å². The number of unbranched alkanes of at least 4 members (excludes halogenated alkanes) is 2. The first-order chi connectivity index (χ1) is 6.86. The molecule has 3 heteroatoms. The molecule has 0 saturated carbocycles. The van der Waals surface area contributed by atoms with Crippen LogP contribution in [0.25, 0.3) is 0 Å². The highest BCUT2D eigenvalue weighted by molar-refractivity contribution is 4.70. The second kappa shape index (κ2) is 7.21.